The van der Waals surface area contributed by atoms with Crippen molar-refractivity contribution in [1.82, 2.24) is 5.43 Å². The van der Waals surface area contributed by atoms with Crippen LogP contribution in [0.5, 0.6) is 11.5 Å². The Morgan fingerprint density at radius 2 is 1.87 bits per heavy atom. The number of rotatable bonds is 5. The van der Waals surface area contributed by atoms with E-state index in [1.54, 1.807) is 44.6 Å². The molecule has 2 aromatic rings. The maximum atomic E-state index is 12.0. The third kappa shape index (κ3) is 4.23. The Labute approximate surface area is 139 Å². The molecule has 1 amide bonds. The Balaban J connectivity index is 2.08. The Kier molecular flexibility index (Phi) is 5.60. The van der Waals surface area contributed by atoms with Gasteiger partial charge >= 0.3 is 0 Å². The smallest absolute Gasteiger partial charge is 0.272 e. The standard InChI is InChI=1S/C17H17ClN2O3/c1-11-4-6-13(14(18)8-11)17(21)20-19-10-12-5-7-15(22-2)16(9-12)23-3/h4-10H,1-3H3,(H,20,21)/b19-10-. The van der Waals surface area contributed by atoms with Crippen molar-refractivity contribution in [2.75, 3.05) is 14.2 Å². The van der Waals surface area contributed by atoms with E-state index in [9.17, 15) is 4.79 Å². The first-order valence-electron chi connectivity index (χ1n) is 6.86. The zero-order valence-electron chi connectivity index (χ0n) is 13.1. The van der Waals surface area contributed by atoms with Gasteiger partial charge in [-0.05, 0) is 48.4 Å². The fraction of sp³-hybridized carbons (Fsp3) is 0.176. The van der Waals surface area contributed by atoms with Crippen LogP contribution in [0.1, 0.15) is 21.5 Å². The third-order valence-electron chi connectivity index (χ3n) is 3.16. The minimum atomic E-state index is -0.369. The summed E-state index contributed by atoms with van der Waals surface area (Å²) in [4.78, 5) is 12.0. The van der Waals surface area contributed by atoms with Crippen LogP contribution in [0.4, 0.5) is 0 Å². The molecule has 0 heterocycles. The minimum Gasteiger partial charge on any atom is -0.493 e. The van der Waals surface area contributed by atoms with Gasteiger partial charge in [-0.2, -0.15) is 5.10 Å². The first-order chi connectivity index (χ1) is 11.0. The molecule has 5 nitrogen and oxygen atoms in total. The van der Waals surface area contributed by atoms with E-state index in [1.165, 1.54) is 6.21 Å². The molecule has 0 atom stereocenters. The molecule has 0 spiro atoms. The zero-order valence-corrected chi connectivity index (χ0v) is 13.8. The SMILES string of the molecule is COc1ccc(/C=N\NC(=O)c2ccc(C)cc2Cl)cc1OC. The maximum Gasteiger partial charge on any atom is 0.272 e. The maximum absolute atomic E-state index is 12.0. The van der Waals surface area contributed by atoms with E-state index in [4.69, 9.17) is 21.1 Å². The first kappa shape index (κ1) is 16.8. The Morgan fingerprint density at radius 1 is 1.13 bits per heavy atom. The summed E-state index contributed by atoms with van der Waals surface area (Å²) in [5, 5.41) is 4.33. The van der Waals surface area contributed by atoms with Crippen LogP contribution in [0.25, 0.3) is 0 Å². The molecule has 0 bridgehead atoms. The predicted octanol–water partition coefficient (Wildman–Crippen LogP) is 3.43. The van der Waals surface area contributed by atoms with Gasteiger partial charge in [-0.25, -0.2) is 5.43 Å². The highest BCUT2D eigenvalue weighted by atomic mass is 35.5. The number of benzene rings is 2. The molecule has 6 heteroatoms. The van der Waals surface area contributed by atoms with Crippen LogP contribution in [0.3, 0.4) is 0 Å². The molecular formula is C17H17ClN2O3. The quantitative estimate of drug-likeness (QED) is 0.674. The van der Waals surface area contributed by atoms with Gasteiger partial charge in [0.15, 0.2) is 11.5 Å². The number of nitrogens with one attached hydrogen (secondary N) is 1. The molecule has 1 N–H and O–H groups in total. The molecule has 23 heavy (non-hydrogen) atoms. The number of ether oxygens (including phenoxy) is 2. The highest BCUT2D eigenvalue weighted by Crippen LogP contribution is 2.26. The normalized spacial score (nSPS) is 10.6. The van der Waals surface area contributed by atoms with E-state index in [0.29, 0.717) is 22.1 Å². The summed E-state index contributed by atoms with van der Waals surface area (Å²) in [6.07, 6.45) is 1.52. The summed E-state index contributed by atoms with van der Waals surface area (Å²) in [5.41, 5.74) is 4.57. The van der Waals surface area contributed by atoms with E-state index in [0.717, 1.165) is 11.1 Å². The van der Waals surface area contributed by atoms with Crippen LogP contribution in [-0.2, 0) is 0 Å². The molecule has 0 aliphatic carbocycles. The van der Waals surface area contributed by atoms with Gasteiger partial charge in [0, 0.05) is 0 Å². The van der Waals surface area contributed by atoms with Crippen LogP contribution in [0.15, 0.2) is 41.5 Å². The molecule has 0 aliphatic heterocycles. The van der Waals surface area contributed by atoms with Crippen molar-refractivity contribution in [3.05, 3.63) is 58.1 Å². The molecule has 0 aromatic heterocycles. The second-order valence-electron chi connectivity index (χ2n) is 4.80. The van der Waals surface area contributed by atoms with Gasteiger partial charge < -0.3 is 9.47 Å². The van der Waals surface area contributed by atoms with E-state index in [1.807, 2.05) is 13.0 Å². The van der Waals surface area contributed by atoms with E-state index in [-0.39, 0.29) is 5.91 Å². The fourth-order valence-electron chi connectivity index (χ4n) is 1.96. The van der Waals surface area contributed by atoms with Crippen LogP contribution in [-0.4, -0.2) is 26.3 Å². The van der Waals surface area contributed by atoms with Gasteiger partial charge in [0.1, 0.15) is 0 Å². The van der Waals surface area contributed by atoms with Crippen molar-refractivity contribution in [2.45, 2.75) is 6.92 Å². The molecule has 0 radical (unpaired) electrons. The topological polar surface area (TPSA) is 59.9 Å². The predicted molar refractivity (Wildman–Crippen MR) is 90.8 cm³/mol. The number of methoxy groups -OCH3 is 2. The lowest BCUT2D eigenvalue weighted by molar-refractivity contribution is 0.0955. The molecule has 2 aromatic carbocycles. The van der Waals surface area contributed by atoms with E-state index >= 15 is 0 Å². The van der Waals surface area contributed by atoms with Gasteiger partial charge in [0.25, 0.3) is 5.91 Å². The number of hydrogen-bond acceptors (Lipinski definition) is 4. The van der Waals surface area contributed by atoms with Crippen molar-refractivity contribution >= 4 is 23.7 Å². The molecule has 2 rings (SSSR count). The van der Waals surface area contributed by atoms with Crippen LogP contribution < -0.4 is 14.9 Å². The first-order valence-corrected chi connectivity index (χ1v) is 7.24. The lowest BCUT2D eigenvalue weighted by Gasteiger charge is -2.07. The summed E-state index contributed by atoms with van der Waals surface area (Å²) in [5.74, 6) is 0.844. The fourth-order valence-corrected chi connectivity index (χ4v) is 2.28. The largest absolute Gasteiger partial charge is 0.493 e. The Morgan fingerprint density at radius 3 is 2.52 bits per heavy atom. The second-order valence-corrected chi connectivity index (χ2v) is 5.20. The van der Waals surface area contributed by atoms with Gasteiger partial charge in [-0.3, -0.25) is 4.79 Å². The van der Waals surface area contributed by atoms with Crippen LogP contribution in [0, 0.1) is 6.92 Å². The van der Waals surface area contributed by atoms with Crippen LogP contribution >= 0.6 is 11.6 Å². The molecular weight excluding hydrogens is 316 g/mol. The van der Waals surface area contributed by atoms with Crippen molar-refractivity contribution in [3.8, 4) is 11.5 Å². The van der Waals surface area contributed by atoms with E-state index in [2.05, 4.69) is 10.5 Å². The van der Waals surface area contributed by atoms with Crippen molar-refractivity contribution in [1.29, 1.82) is 0 Å². The number of nitrogens with zero attached hydrogens (tertiary/aromatic N) is 1. The molecule has 0 aliphatic rings. The number of carbonyl (C=O) groups is 1. The van der Waals surface area contributed by atoms with Crippen molar-refractivity contribution in [3.63, 3.8) is 0 Å². The lowest BCUT2D eigenvalue weighted by atomic mass is 10.1. The highest BCUT2D eigenvalue weighted by molar-refractivity contribution is 6.33. The summed E-state index contributed by atoms with van der Waals surface area (Å²) in [6.45, 7) is 1.91. The third-order valence-corrected chi connectivity index (χ3v) is 3.47. The van der Waals surface area contributed by atoms with Crippen molar-refractivity contribution in [2.24, 2.45) is 5.10 Å². The average molecular weight is 333 g/mol. The number of carbonyl (C=O) groups excluding carboxylic acids is 1. The van der Waals surface area contributed by atoms with Gasteiger partial charge in [-0.15, -0.1) is 0 Å². The van der Waals surface area contributed by atoms with Crippen LogP contribution in [0.2, 0.25) is 5.02 Å². The number of hydrogen-bond donors (Lipinski definition) is 1. The van der Waals surface area contributed by atoms with Crippen molar-refractivity contribution < 1.29 is 14.3 Å². The van der Waals surface area contributed by atoms with Gasteiger partial charge in [0.2, 0.25) is 0 Å². The molecule has 0 unspecified atom stereocenters. The number of halogens is 1. The Bertz CT molecular complexity index is 745. The number of amides is 1. The summed E-state index contributed by atoms with van der Waals surface area (Å²) < 4.78 is 10.4. The number of aryl methyl sites for hydroxylation is 1. The lowest BCUT2D eigenvalue weighted by Crippen LogP contribution is -2.18. The Hall–Kier alpha value is -2.53. The minimum absolute atomic E-state index is 0.369. The number of hydrazone groups is 1. The van der Waals surface area contributed by atoms with Gasteiger partial charge in [0.05, 0.1) is 31.0 Å². The molecule has 0 saturated heterocycles. The summed E-state index contributed by atoms with van der Waals surface area (Å²) in [7, 11) is 3.12. The zero-order chi connectivity index (χ0) is 16.8. The van der Waals surface area contributed by atoms with E-state index < -0.39 is 0 Å². The highest BCUT2D eigenvalue weighted by Gasteiger charge is 2.09. The molecule has 0 saturated carbocycles. The molecule has 0 fully saturated rings. The summed E-state index contributed by atoms with van der Waals surface area (Å²) >= 11 is 6.05. The monoisotopic (exact) mass is 332 g/mol. The second kappa shape index (κ2) is 7.65. The van der Waals surface area contributed by atoms with Gasteiger partial charge in [-0.1, -0.05) is 17.7 Å². The average Bonchev–Trinajstić information content (AvgIpc) is 2.54. The summed E-state index contributed by atoms with van der Waals surface area (Å²) in [6, 6.07) is 10.5. The molecule has 120 valence electrons.